The van der Waals surface area contributed by atoms with Crippen LogP contribution in [-0.4, -0.2) is 35.1 Å². The maximum absolute atomic E-state index is 11.9. The molecule has 0 radical (unpaired) electrons. The zero-order chi connectivity index (χ0) is 15.9. The van der Waals surface area contributed by atoms with Gasteiger partial charge in [0.15, 0.2) is 10.8 Å². The zero-order valence-electron chi connectivity index (χ0n) is 12.5. The average molecular weight is 335 g/mol. The van der Waals surface area contributed by atoms with Crippen LogP contribution in [0.4, 0.5) is 0 Å². The van der Waals surface area contributed by atoms with E-state index in [1.807, 2.05) is 19.3 Å². The van der Waals surface area contributed by atoms with Crippen LogP contribution in [0.1, 0.15) is 25.5 Å². The molecule has 0 amide bonds. The highest BCUT2D eigenvalue weighted by atomic mass is 32.3. The molecule has 0 aliphatic heterocycles. The minimum Gasteiger partial charge on any atom is -0.616 e. The molecule has 0 spiro atoms. The Morgan fingerprint density at radius 2 is 2.27 bits per heavy atom. The Kier molecular flexibility index (Phi) is 6.24. The highest BCUT2D eigenvalue weighted by Crippen LogP contribution is 2.24. The minimum absolute atomic E-state index is 0.269. The average Bonchev–Trinajstić information content (AvgIpc) is 2.97. The summed E-state index contributed by atoms with van der Waals surface area (Å²) in [5.41, 5.74) is 1.77. The van der Waals surface area contributed by atoms with Crippen LogP contribution in [0.5, 0.6) is 0 Å². The number of thioether (sulfide) groups is 1. The Bertz CT molecular complexity index is 667. The highest BCUT2D eigenvalue weighted by Gasteiger charge is 2.14. The van der Waals surface area contributed by atoms with Crippen LogP contribution in [-0.2, 0) is 18.2 Å². The van der Waals surface area contributed by atoms with E-state index in [2.05, 4.69) is 22.0 Å². The number of hydrogen-bond donors (Lipinski definition) is 0. The van der Waals surface area contributed by atoms with Crippen molar-refractivity contribution in [2.45, 2.75) is 24.8 Å². The van der Waals surface area contributed by atoms with Gasteiger partial charge in [0.05, 0.1) is 18.1 Å². The first kappa shape index (κ1) is 16.8. The van der Waals surface area contributed by atoms with Gasteiger partial charge in [-0.1, -0.05) is 13.3 Å². The van der Waals surface area contributed by atoms with Crippen molar-refractivity contribution in [2.75, 3.05) is 10.8 Å². The van der Waals surface area contributed by atoms with Gasteiger partial charge in [0, 0.05) is 18.8 Å². The third-order valence-corrected chi connectivity index (χ3v) is 5.72. The monoisotopic (exact) mass is 335 g/mol. The van der Waals surface area contributed by atoms with E-state index < -0.39 is 11.2 Å². The van der Waals surface area contributed by atoms with Crippen molar-refractivity contribution in [1.82, 2.24) is 19.7 Å². The van der Waals surface area contributed by atoms with E-state index in [1.54, 1.807) is 17.1 Å². The van der Waals surface area contributed by atoms with E-state index in [0.29, 0.717) is 21.6 Å². The fourth-order valence-corrected chi connectivity index (χ4v) is 4.18. The molecule has 0 saturated carbocycles. The van der Waals surface area contributed by atoms with Crippen molar-refractivity contribution in [1.29, 1.82) is 5.26 Å². The smallest absolute Gasteiger partial charge is 0.172 e. The maximum Gasteiger partial charge on any atom is 0.172 e. The lowest BCUT2D eigenvalue weighted by Crippen LogP contribution is -2.09. The Morgan fingerprint density at radius 3 is 2.91 bits per heavy atom. The molecule has 1 atom stereocenters. The van der Waals surface area contributed by atoms with Gasteiger partial charge in [-0.05, 0) is 29.4 Å². The zero-order valence-corrected chi connectivity index (χ0v) is 14.2. The number of nitriles is 1. The Balaban J connectivity index is 2.13. The van der Waals surface area contributed by atoms with E-state index >= 15 is 0 Å². The molecule has 2 heterocycles. The minimum atomic E-state index is -0.908. The second kappa shape index (κ2) is 8.17. The molecule has 0 N–H and O–H groups in total. The van der Waals surface area contributed by atoms with E-state index in [9.17, 15) is 4.55 Å². The quantitative estimate of drug-likeness (QED) is 0.570. The first-order chi connectivity index (χ1) is 10.6. The number of aryl methyl sites for hydroxylation is 1. The van der Waals surface area contributed by atoms with Gasteiger partial charge in [0.25, 0.3) is 0 Å². The normalized spacial score (nSPS) is 12.1. The van der Waals surface area contributed by atoms with Gasteiger partial charge in [-0.2, -0.15) is 10.4 Å². The lowest BCUT2D eigenvalue weighted by Gasteiger charge is -2.10. The molecule has 0 aliphatic rings. The Hall–Kier alpha value is -1.56. The van der Waals surface area contributed by atoms with Gasteiger partial charge in [-0.25, -0.2) is 9.97 Å². The standard InChI is InChI=1S/C14H17N5OS2/c1-3-4-5-22(20)10-21-14-12(6-15)16-8-13(18-14)11-7-17-19(2)9-11/h7-9H,3-5,10H2,1-2H3. The molecule has 6 nitrogen and oxygen atoms in total. The van der Waals surface area contributed by atoms with Crippen molar-refractivity contribution >= 4 is 22.9 Å². The van der Waals surface area contributed by atoms with E-state index in [0.717, 1.165) is 18.4 Å². The largest absolute Gasteiger partial charge is 0.616 e. The molecule has 1 unspecified atom stereocenters. The van der Waals surface area contributed by atoms with Crippen molar-refractivity contribution in [3.63, 3.8) is 0 Å². The number of unbranched alkanes of at least 4 members (excludes halogenated alkanes) is 1. The summed E-state index contributed by atoms with van der Waals surface area (Å²) in [6.45, 7) is 2.07. The Labute approximate surface area is 137 Å². The second-order valence-electron chi connectivity index (χ2n) is 4.68. The van der Waals surface area contributed by atoms with Gasteiger partial charge in [-0.15, -0.1) is 0 Å². The van der Waals surface area contributed by atoms with Crippen molar-refractivity contribution in [2.24, 2.45) is 7.05 Å². The van der Waals surface area contributed by atoms with Crippen molar-refractivity contribution in [3.05, 3.63) is 24.3 Å². The summed E-state index contributed by atoms with van der Waals surface area (Å²) in [6, 6.07) is 2.03. The van der Waals surface area contributed by atoms with Crippen LogP contribution in [0, 0.1) is 11.3 Å². The van der Waals surface area contributed by atoms with Crippen molar-refractivity contribution in [3.8, 4) is 17.3 Å². The summed E-state index contributed by atoms with van der Waals surface area (Å²) in [5, 5.41) is 14.2. The molecule has 0 fully saturated rings. The number of hydrogen-bond acceptors (Lipinski definition) is 6. The fraction of sp³-hybridized carbons (Fsp3) is 0.429. The second-order valence-corrected chi connectivity index (χ2v) is 7.59. The summed E-state index contributed by atoms with van der Waals surface area (Å²) in [6.07, 6.45) is 7.07. The summed E-state index contributed by atoms with van der Waals surface area (Å²) in [5.74, 6) is 0.682. The maximum atomic E-state index is 11.9. The fourth-order valence-electron chi connectivity index (χ4n) is 1.73. The summed E-state index contributed by atoms with van der Waals surface area (Å²) < 4.78 is 13.6. The number of rotatable bonds is 7. The first-order valence-electron chi connectivity index (χ1n) is 6.88. The summed E-state index contributed by atoms with van der Waals surface area (Å²) in [7, 11) is 1.83. The van der Waals surface area contributed by atoms with Crippen molar-refractivity contribution < 1.29 is 4.55 Å². The molecule has 22 heavy (non-hydrogen) atoms. The molecular weight excluding hydrogens is 318 g/mol. The topological polar surface area (TPSA) is 90.4 Å². The number of nitrogens with zero attached hydrogens (tertiary/aromatic N) is 5. The predicted octanol–water partition coefficient (Wildman–Crippen LogP) is 2.35. The van der Waals surface area contributed by atoms with Crippen LogP contribution in [0.3, 0.4) is 0 Å². The van der Waals surface area contributed by atoms with E-state index in [1.165, 1.54) is 11.8 Å². The lowest BCUT2D eigenvalue weighted by molar-refractivity contribution is 0.596. The van der Waals surface area contributed by atoms with Gasteiger partial charge < -0.3 is 4.55 Å². The summed E-state index contributed by atoms with van der Waals surface area (Å²) in [4.78, 5) is 8.61. The summed E-state index contributed by atoms with van der Waals surface area (Å²) >= 11 is 0.414. The highest BCUT2D eigenvalue weighted by molar-refractivity contribution is 8.12. The Morgan fingerprint density at radius 1 is 1.45 bits per heavy atom. The molecule has 0 aromatic carbocycles. The molecule has 2 rings (SSSR count). The number of aromatic nitrogens is 4. The van der Waals surface area contributed by atoms with Crippen LogP contribution in [0.2, 0.25) is 0 Å². The van der Waals surface area contributed by atoms with Gasteiger partial charge in [0.2, 0.25) is 0 Å². The molecular formula is C14H17N5OS2. The van der Waals surface area contributed by atoms with Gasteiger partial charge in [0.1, 0.15) is 16.8 Å². The molecule has 116 valence electrons. The van der Waals surface area contributed by atoms with Crippen LogP contribution in [0.15, 0.2) is 23.6 Å². The molecule has 0 saturated heterocycles. The van der Waals surface area contributed by atoms with Crippen LogP contribution >= 0.6 is 11.8 Å². The van der Waals surface area contributed by atoms with E-state index in [4.69, 9.17) is 5.26 Å². The molecule has 2 aromatic rings. The molecule has 8 heteroatoms. The molecule has 0 aliphatic carbocycles. The SMILES string of the molecule is CCCC[S+]([O-])CSc1nc(-c2cnn(C)c2)cnc1C#N. The van der Waals surface area contributed by atoms with Gasteiger partial charge >= 0.3 is 0 Å². The predicted molar refractivity (Wildman–Crippen MR) is 87.6 cm³/mol. The van der Waals surface area contributed by atoms with Crippen LogP contribution < -0.4 is 0 Å². The third kappa shape index (κ3) is 4.47. The van der Waals surface area contributed by atoms with Gasteiger partial charge in [-0.3, -0.25) is 4.68 Å². The molecule has 2 aromatic heterocycles. The van der Waals surface area contributed by atoms with Crippen LogP contribution in [0.25, 0.3) is 11.3 Å². The molecule has 0 bridgehead atoms. The first-order valence-corrected chi connectivity index (χ1v) is 9.35. The third-order valence-electron chi connectivity index (χ3n) is 2.90. The lowest BCUT2D eigenvalue weighted by atomic mass is 10.3. The van der Waals surface area contributed by atoms with E-state index in [-0.39, 0.29) is 5.69 Å².